The van der Waals surface area contributed by atoms with E-state index in [9.17, 15) is 14.7 Å². The molecular weight excluding hydrogens is 380 g/mol. The molecule has 0 saturated heterocycles. The van der Waals surface area contributed by atoms with Crippen LogP contribution in [0, 0.1) is 5.41 Å². The van der Waals surface area contributed by atoms with Crippen molar-refractivity contribution < 1.29 is 24.2 Å². The van der Waals surface area contributed by atoms with Crippen LogP contribution in [0.3, 0.4) is 0 Å². The van der Waals surface area contributed by atoms with Gasteiger partial charge in [0, 0.05) is 0 Å². The van der Waals surface area contributed by atoms with E-state index in [0.717, 1.165) is 30.4 Å². The summed E-state index contributed by atoms with van der Waals surface area (Å²) in [6, 6.07) is 0. The Morgan fingerprint density at radius 2 is 1.60 bits per heavy atom. The van der Waals surface area contributed by atoms with Gasteiger partial charge in [0.1, 0.15) is 0 Å². The summed E-state index contributed by atoms with van der Waals surface area (Å²) in [4.78, 5) is 25.2. The van der Waals surface area contributed by atoms with Gasteiger partial charge in [0.05, 0.1) is 20.3 Å². The highest BCUT2D eigenvalue weighted by atomic mass is 16.5. The fraction of sp³-hybridized carbons (Fsp3) is 0.600. The first-order valence-corrected chi connectivity index (χ1v) is 10.6. The van der Waals surface area contributed by atoms with Crippen molar-refractivity contribution in [1.82, 2.24) is 0 Å². The van der Waals surface area contributed by atoms with Crippen LogP contribution in [-0.4, -0.2) is 37.4 Å². The molecule has 0 rings (SSSR count). The number of hydrogen-bond donors (Lipinski definition) is 1. The van der Waals surface area contributed by atoms with E-state index in [1.54, 1.807) is 6.08 Å². The van der Waals surface area contributed by atoms with Crippen LogP contribution in [0.5, 0.6) is 0 Å². The highest BCUT2D eigenvalue weighted by Gasteiger charge is 2.46. The van der Waals surface area contributed by atoms with Gasteiger partial charge in [0.25, 0.3) is 0 Å². The Morgan fingerprint density at radius 3 is 2.10 bits per heavy atom. The quantitative estimate of drug-likeness (QED) is 0.230. The topological polar surface area (TPSA) is 72.8 Å². The lowest BCUT2D eigenvalue weighted by Crippen LogP contribution is -2.41. The Morgan fingerprint density at radius 1 is 1.00 bits per heavy atom. The van der Waals surface area contributed by atoms with Crippen LogP contribution < -0.4 is 0 Å². The molecule has 0 radical (unpaired) electrons. The summed E-state index contributed by atoms with van der Waals surface area (Å²) in [5.41, 5.74) is 1.85. The molecule has 0 bridgehead atoms. The van der Waals surface area contributed by atoms with Crippen molar-refractivity contribution in [2.75, 3.05) is 14.2 Å². The zero-order valence-corrected chi connectivity index (χ0v) is 19.6. The molecule has 5 heteroatoms. The summed E-state index contributed by atoms with van der Waals surface area (Å²) >= 11 is 0. The van der Waals surface area contributed by atoms with Gasteiger partial charge in [-0.15, -0.1) is 6.58 Å². The fourth-order valence-corrected chi connectivity index (χ4v) is 3.11. The van der Waals surface area contributed by atoms with Gasteiger partial charge >= 0.3 is 11.9 Å². The lowest BCUT2D eigenvalue weighted by molar-refractivity contribution is -0.169. The van der Waals surface area contributed by atoms with E-state index in [1.165, 1.54) is 19.8 Å². The minimum atomic E-state index is -1.35. The molecule has 0 aliphatic carbocycles. The van der Waals surface area contributed by atoms with Gasteiger partial charge < -0.3 is 14.6 Å². The summed E-state index contributed by atoms with van der Waals surface area (Å²) in [6.45, 7) is 11.6. The molecule has 0 saturated carbocycles. The van der Waals surface area contributed by atoms with Gasteiger partial charge in [0.2, 0.25) is 0 Å². The molecule has 170 valence electrons. The normalized spacial score (nSPS) is 14.3. The highest BCUT2D eigenvalue weighted by Crippen LogP contribution is 2.33. The van der Waals surface area contributed by atoms with Crippen LogP contribution in [0.1, 0.15) is 72.6 Å². The Balaban J connectivity index is 5.37. The summed E-state index contributed by atoms with van der Waals surface area (Å²) < 4.78 is 9.96. The lowest BCUT2D eigenvalue weighted by atomic mass is 9.79. The maximum atomic E-state index is 12.6. The van der Waals surface area contributed by atoms with Crippen molar-refractivity contribution in [3.05, 3.63) is 47.6 Å². The van der Waals surface area contributed by atoms with E-state index >= 15 is 0 Å². The van der Waals surface area contributed by atoms with Gasteiger partial charge in [0.15, 0.2) is 5.41 Å². The van der Waals surface area contributed by atoms with E-state index in [-0.39, 0.29) is 6.42 Å². The molecule has 0 fully saturated rings. The monoisotopic (exact) mass is 420 g/mol. The van der Waals surface area contributed by atoms with Gasteiger partial charge in [-0.2, -0.15) is 0 Å². The molecule has 5 nitrogen and oxygen atoms in total. The highest BCUT2D eigenvalue weighted by molar-refractivity contribution is 6.00. The molecule has 0 heterocycles. The summed E-state index contributed by atoms with van der Waals surface area (Å²) in [5, 5.41) is 9.95. The minimum Gasteiger partial charge on any atom is -0.468 e. The van der Waals surface area contributed by atoms with Crippen molar-refractivity contribution in [2.24, 2.45) is 5.41 Å². The first kappa shape index (κ1) is 27.9. The zero-order valence-electron chi connectivity index (χ0n) is 19.6. The Kier molecular flexibility index (Phi) is 13.7. The second-order valence-electron chi connectivity index (χ2n) is 7.79. The van der Waals surface area contributed by atoms with Crippen LogP contribution >= 0.6 is 0 Å². The number of esters is 2. The SMILES string of the molecule is C=CCC(O)/C(C)=C/CC/C(C)=C/CC(CC/C=C(\C)CC)(C(=O)OC)C(=O)OC. The van der Waals surface area contributed by atoms with Gasteiger partial charge in [-0.25, -0.2) is 0 Å². The maximum absolute atomic E-state index is 12.6. The zero-order chi connectivity index (χ0) is 23.2. The molecule has 0 aliphatic heterocycles. The van der Waals surface area contributed by atoms with Gasteiger partial charge in [-0.1, -0.05) is 42.4 Å². The maximum Gasteiger partial charge on any atom is 0.323 e. The number of aliphatic hydroxyl groups excluding tert-OH is 1. The lowest BCUT2D eigenvalue weighted by Gasteiger charge is -2.27. The second-order valence-corrected chi connectivity index (χ2v) is 7.79. The van der Waals surface area contributed by atoms with Gasteiger partial charge in [-0.3, -0.25) is 9.59 Å². The first-order chi connectivity index (χ1) is 14.2. The van der Waals surface area contributed by atoms with Crippen LogP contribution in [0.15, 0.2) is 47.6 Å². The van der Waals surface area contributed by atoms with Crippen LogP contribution in [-0.2, 0) is 19.1 Å². The third-order valence-electron chi connectivity index (χ3n) is 5.49. The summed E-state index contributed by atoms with van der Waals surface area (Å²) in [7, 11) is 2.59. The number of ether oxygens (including phenoxy) is 2. The Bertz CT molecular complexity index is 638. The summed E-state index contributed by atoms with van der Waals surface area (Å²) in [6.07, 6.45) is 11.3. The van der Waals surface area contributed by atoms with Crippen molar-refractivity contribution in [2.45, 2.75) is 78.7 Å². The molecule has 30 heavy (non-hydrogen) atoms. The van der Waals surface area contributed by atoms with Crippen molar-refractivity contribution in [1.29, 1.82) is 0 Å². The number of rotatable bonds is 14. The fourth-order valence-electron chi connectivity index (χ4n) is 3.11. The molecule has 0 aromatic rings. The predicted octanol–water partition coefficient (Wildman–Crippen LogP) is 5.46. The number of methoxy groups -OCH3 is 2. The van der Waals surface area contributed by atoms with Crippen LogP contribution in [0.25, 0.3) is 0 Å². The number of carbonyl (C=O) groups is 2. The van der Waals surface area contributed by atoms with Crippen molar-refractivity contribution in [3.8, 4) is 0 Å². The van der Waals surface area contributed by atoms with Crippen molar-refractivity contribution >= 4 is 11.9 Å². The molecule has 1 N–H and O–H groups in total. The van der Waals surface area contributed by atoms with E-state index < -0.39 is 23.5 Å². The van der Waals surface area contributed by atoms with E-state index in [1.807, 2.05) is 32.9 Å². The second kappa shape index (κ2) is 14.8. The number of allylic oxidation sites excluding steroid dienone is 5. The molecule has 1 unspecified atom stereocenters. The predicted molar refractivity (Wildman–Crippen MR) is 122 cm³/mol. The van der Waals surface area contributed by atoms with E-state index in [4.69, 9.17) is 9.47 Å². The van der Waals surface area contributed by atoms with E-state index in [0.29, 0.717) is 19.3 Å². The number of aliphatic hydroxyl groups is 1. The van der Waals surface area contributed by atoms with Crippen molar-refractivity contribution in [3.63, 3.8) is 0 Å². The molecule has 1 atom stereocenters. The number of carbonyl (C=O) groups excluding carboxylic acids is 2. The molecule has 0 aliphatic rings. The Hall–Kier alpha value is -2.14. The summed E-state index contributed by atoms with van der Waals surface area (Å²) in [5.74, 6) is -1.13. The van der Waals surface area contributed by atoms with Gasteiger partial charge in [-0.05, 0) is 71.3 Å². The van der Waals surface area contributed by atoms with Crippen LogP contribution in [0.2, 0.25) is 0 Å². The van der Waals surface area contributed by atoms with Crippen LogP contribution in [0.4, 0.5) is 0 Å². The average molecular weight is 421 g/mol. The molecular formula is C25H40O5. The molecule has 0 aromatic heterocycles. The largest absolute Gasteiger partial charge is 0.468 e. The first-order valence-electron chi connectivity index (χ1n) is 10.6. The average Bonchev–Trinajstić information content (AvgIpc) is 2.74. The third-order valence-corrected chi connectivity index (χ3v) is 5.49. The van der Waals surface area contributed by atoms with E-state index in [2.05, 4.69) is 19.6 Å². The minimum absolute atomic E-state index is 0.235. The standard InChI is InChI=1S/C25H40O5/c1-8-12-22(26)21(5)15-10-13-20(4)16-18-25(23(27)29-6,24(28)30-7)17-11-14-19(3)9-2/h8,14-16,22,26H,1,9-13,17-18H2,2-7H3/b19-14+,20-16+,21-15+. The number of hydrogen-bond acceptors (Lipinski definition) is 5. The molecule has 0 spiro atoms. The smallest absolute Gasteiger partial charge is 0.323 e. The molecule has 0 aromatic carbocycles. The third kappa shape index (κ3) is 9.12. The Labute approximate surface area is 182 Å². The molecule has 0 amide bonds.